The van der Waals surface area contributed by atoms with Gasteiger partial charge in [-0.3, -0.25) is 4.79 Å². The van der Waals surface area contributed by atoms with Crippen molar-refractivity contribution in [2.45, 2.75) is 19.9 Å². The number of pyridine rings is 1. The third-order valence-corrected chi connectivity index (χ3v) is 5.70. The minimum atomic E-state index is -0.518. The fraction of sp³-hybridized carbons (Fsp3) is 0.304. The minimum absolute atomic E-state index is 0.209. The zero-order valence-electron chi connectivity index (χ0n) is 18.6. The fourth-order valence-electron chi connectivity index (χ4n) is 4.20. The van der Waals surface area contributed by atoms with Gasteiger partial charge in [0.15, 0.2) is 11.5 Å². The number of carbonyl (C=O) groups excluding carboxylic acids is 1. The van der Waals surface area contributed by atoms with E-state index >= 15 is 0 Å². The van der Waals surface area contributed by atoms with E-state index in [9.17, 15) is 9.18 Å². The number of amides is 1. The molecule has 2 N–H and O–H groups in total. The van der Waals surface area contributed by atoms with Gasteiger partial charge in [0.25, 0.3) is 5.91 Å². The van der Waals surface area contributed by atoms with E-state index in [2.05, 4.69) is 37.4 Å². The maximum absolute atomic E-state index is 14.5. The quantitative estimate of drug-likeness (QED) is 0.495. The van der Waals surface area contributed by atoms with E-state index in [1.165, 1.54) is 13.2 Å². The van der Waals surface area contributed by atoms with Gasteiger partial charge >= 0.3 is 0 Å². The second-order valence-electron chi connectivity index (χ2n) is 8.19. The Labute approximate surface area is 189 Å². The Hall–Kier alpha value is -3.79. The number of nitrogens with zero attached hydrogens (tertiary/aromatic N) is 5. The van der Waals surface area contributed by atoms with Crippen molar-refractivity contribution in [3.05, 3.63) is 53.9 Å². The highest BCUT2D eigenvalue weighted by molar-refractivity contribution is 6.13. The molecule has 10 heteroatoms. The molecule has 0 radical (unpaired) electrons. The molecule has 3 aromatic heterocycles. The van der Waals surface area contributed by atoms with Crippen LogP contribution in [0.15, 0.2) is 36.8 Å². The van der Waals surface area contributed by atoms with Crippen molar-refractivity contribution in [1.82, 2.24) is 24.7 Å². The number of methoxy groups -OCH3 is 1. The summed E-state index contributed by atoms with van der Waals surface area (Å²) in [6, 6.07) is 5.20. The van der Waals surface area contributed by atoms with Crippen LogP contribution in [0.2, 0.25) is 0 Å². The Bertz CT molecular complexity index is 1370. The van der Waals surface area contributed by atoms with Crippen LogP contribution in [0.3, 0.4) is 0 Å². The maximum Gasteiger partial charge on any atom is 0.257 e. The van der Waals surface area contributed by atoms with Crippen molar-refractivity contribution in [3.63, 3.8) is 0 Å². The summed E-state index contributed by atoms with van der Waals surface area (Å²) in [7, 11) is 1.50. The summed E-state index contributed by atoms with van der Waals surface area (Å²) in [5.41, 5.74) is 3.48. The van der Waals surface area contributed by atoms with Gasteiger partial charge in [0.1, 0.15) is 11.0 Å². The number of fused-ring (bicyclic) bond motifs is 2. The Balaban J connectivity index is 1.54. The smallest absolute Gasteiger partial charge is 0.257 e. The highest BCUT2D eigenvalue weighted by atomic mass is 19.1. The van der Waals surface area contributed by atoms with E-state index in [0.29, 0.717) is 39.9 Å². The average Bonchev–Trinajstić information content (AvgIpc) is 3.18. The highest BCUT2D eigenvalue weighted by Crippen LogP contribution is 2.29. The summed E-state index contributed by atoms with van der Waals surface area (Å²) in [5.74, 6) is -0.627. The van der Waals surface area contributed by atoms with Crippen LogP contribution in [0.5, 0.6) is 5.88 Å². The van der Waals surface area contributed by atoms with E-state index < -0.39 is 11.7 Å². The normalized spacial score (nSPS) is 16.4. The first kappa shape index (κ1) is 21.1. The monoisotopic (exact) mass is 449 g/mol. The third kappa shape index (κ3) is 3.93. The number of hydrogen-bond acceptors (Lipinski definition) is 7. The third-order valence-electron chi connectivity index (χ3n) is 5.70. The predicted molar refractivity (Wildman–Crippen MR) is 124 cm³/mol. The lowest BCUT2D eigenvalue weighted by atomic mass is 10.1. The highest BCUT2D eigenvalue weighted by Gasteiger charge is 2.22. The zero-order chi connectivity index (χ0) is 23.1. The summed E-state index contributed by atoms with van der Waals surface area (Å²) in [6.45, 7) is 6.41. The van der Waals surface area contributed by atoms with Crippen molar-refractivity contribution >= 4 is 34.0 Å². The molecule has 4 heterocycles. The van der Waals surface area contributed by atoms with Gasteiger partial charge in [0.2, 0.25) is 5.88 Å². The van der Waals surface area contributed by atoms with Crippen LogP contribution < -0.4 is 20.3 Å². The molecular formula is C23H24FN7O2. The first-order valence-corrected chi connectivity index (χ1v) is 10.7. The van der Waals surface area contributed by atoms with Crippen LogP contribution in [0.1, 0.15) is 23.0 Å². The van der Waals surface area contributed by atoms with E-state index in [1.54, 1.807) is 36.0 Å². The molecule has 1 amide bonds. The molecule has 1 aliphatic rings. The van der Waals surface area contributed by atoms with Crippen LogP contribution in [0, 0.1) is 12.7 Å². The standard InChI is InChI=1S/C23H24FN7O2/c1-13-10-30(7-6-25-13)18-5-4-16(20-21(18)26-9-19(29-20)33-3)23(32)28-15-8-17(24)22-27-14(2)11-31(22)12-15/h4-5,8-9,11-13,25H,6-7,10H2,1-3H3,(H,28,32). The van der Waals surface area contributed by atoms with Gasteiger partial charge in [0.05, 0.1) is 35.9 Å². The molecule has 0 spiro atoms. The Morgan fingerprint density at radius 3 is 2.91 bits per heavy atom. The van der Waals surface area contributed by atoms with Gasteiger partial charge < -0.3 is 24.7 Å². The van der Waals surface area contributed by atoms with Crippen LogP contribution in [-0.2, 0) is 0 Å². The van der Waals surface area contributed by atoms with E-state index in [1.807, 2.05) is 6.07 Å². The SMILES string of the molecule is COc1cnc2c(N3CCNC(C)C3)ccc(C(=O)Nc3cc(F)c4nc(C)cn4c3)c2n1. The maximum atomic E-state index is 14.5. The molecule has 33 heavy (non-hydrogen) atoms. The molecule has 1 unspecified atom stereocenters. The van der Waals surface area contributed by atoms with Crippen molar-refractivity contribution in [3.8, 4) is 5.88 Å². The number of aryl methyl sites for hydroxylation is 1. The molecule has 1 aromatic carbocycles. The molecule has 1 aliphatic heterocycles. The Kier molecular flexibility index (Phi) is 5.29. The summed E-state index contributed by atoms with van der Waals surface area (Å²) in [4.78, 5) is 28.7. The number of halogens is 1. The number of nitrogens with one attached hydrogen (secondary N) is 2. The van der Waals surface area contributed by atoms with Crippen molar-refractivity contribution in [2.75, 3.05) is 37.0 Å². The van der Waals surface area contributed by atoms with Gasteiger partial charge in [-0.25, -0.2) is 19.3 Å². The molecule has 1 saturated heterocycles. The molecule has 1 fully saturated rings. The number of ether oxygens (including phenoxy) is 1. The zero-order valence-corrected chi connectivity index (χ0v) is 18.6. The first-order valence-electron chi connectivity index (χ1n) is 10.7. The van der Waals surface area contributed by atoms with Gasteiger partial charge in [-0.05, 0) is 26.0 Å². The largest absolute Gasteiger partial charge is 0.480 e. The summed E-state index contributed by atoms with van der Waals surface area (Å²) < 4.78 is 21.3. The Morgan fingerprint density at radius 1 is 1.27 bits per heavy atom. The van der Waals surface area contributed by atoms with Crippen molar-refractivity contribution in [1.29, 1.82) is 0 Å². The lowest BCUT2D eigenvalue weighted by Gasteiger charge is -2.34. The topological polar surface area (TPSA) is 96.7 Å². The van der Waals surface area contributed by atoms with Gasteiger partial charge in [-0.2, -0.15) is 0 Å². The first-order chi connectivity index (χ1) is 15.9. The fourth-order valence-corrected chi connectivity index (χ4v) is 4.20. The van der Waals surface area contributed by atoms with Crippen LogP contribution >= 0.6 is 0 Å². The Morgan fingerprint density at radius 2 is 2.12 bits per heavy atom. The lowest BCUT2D eigenvalue weighted by Crippen LogP contribution is -2.49. The van der Waals surface area contributed by atoms with Crippen LogP contribution in [0.4, 0.5) is 15.8 Å². The molecule has 1 atom stereocenters. The van der Waals surface area contributed by atoms with E-state index in [4.69, 9.17) is 4.74 Å². The molecule has 0 saturated carbocycles. The number of piperazine rings is 1. The molecule has 0 bridgehead atoms. The summed E-state index contributed by atoms with van der Waals surface area (Å²) >= 11 is 0. The van der Waals surface area contributed by atoms with Crippen molar-refractivity contribution in [2.24, 2.45) is 0 Å². The van der Waals surface area contributed by atoms with E-state index in [0.717, 1.165) is 25.3 Å². The predicted octanol–water partition coefficient (Wildman–Crippen LogP) is 2.78. The number of carbonyl (C=O) groups is 1. The minimum Gasteiger partial charge on any atom is -0.480 e. The lowest BCUT2D eigenvalue weighted by molar-refractivity contribution is 0.102. The molecule has 0 aliphatic carbocycles. The summed E-state index contributed by atoms with van der Waals surface area (Å²) in [6.07, 6.45) is 4.87. The van der Waals surface area contributed by atoms with Gasteiger partial charge in [0, 0.05) is 44.1 Å². The average molecular weight is 449 g/mol. The summed E-state index contributed by atoms with van der Waals surface area (Å²) in [5, 5.41) is 6.20. The van der Waals surface area contributed by atoms with Crippen LogP contribution in [0.25, 0.3) is 16.7 Å². The number of imidazole rings is 1. The molecule has 4 aromatic rings. The molecule has 170 valence electrons. The number of anilines is 2. The molecular weight excluding hydrogens is 425 g/mol. The molecule has 9 nitrogen and oxygen atoms in total. The second-order valence-corrected chi connectivity index (χ2v) is 8.19. The number of aromatic nitrogens is 4. The van der Waals surface area contributed by atoms with Crippen LogP contribution in [-0.4, -0.2) is 58.0 Å². The van der Waals surface area contributed by atoms with Gasteiger partial charge in [-0.15, -0.1) is 0 Å². The van der Waals surface area contributed by atoms with Crippen molar-refractivity contribution < 1.29 is 13.9 Å². The number of rotatable bonds is 4. The number of benzene rings is 1. The second kappa shape index (κ2) is 8.28. The number of hydrogen-bond donors (Lipinski definition) is 2. The van der Waals surface area contributed by atoms with Gasteiger partial charge in [-0.1, -0.05) is 0 Å². The van der Waals surface area contributed by atoms with E-state index in [-0.39, 0.29) is 5.65 Å². The molecule has 5 rings (SSSR count).